The van der Waals surface area contributed by atoms with Crippen LogP contribution in [0.3, 0.4) is 0 Å². The van der Waals surface area contributed by atoms with Crippen molar-refractivity contribution in [2.45, 2.75) is 44.4 Å². The summed E-state index contributed by atoms with van der Waals surface area (Å²) in [5, 5.41) is 28.9. The third kappa shape index (κ3) is 2.87. The van der Waals surface area contributed by atoms with Gasteiger partial charge >= 0.3 is 0 Å². The second kappa shape index (κ2) is 5.53. The van der Waals surface area contributed by atoms with Crippen LogP contribution in [0, 0.1) is 5.92 Å². The van der Waals surface area contributed by atoms with Crippen molar-refractivity contribution in [1.82, 2.24) is 0 Å². The Kier molecular flexibility index (Phi) is 4.90. The molecular formula is C9H19O5P. The maximum absolute atomic E-state index is 9.68. The molecule has 90 valence electrons. The Hall–Kier alpha value is 0.230. The first-order valence-electron chi connectivity index (χ1n) is 5.00. The van der Waals surface area contributed by atoms with Crippen molar-refractivity contribution in [3.63, 3.8) is 0 Å². The highest BCUT2D eigenvalue weighted by Gasteiger charge is 2.44. The highest BCUT2D eigenvalue weighted by molar-refractivity contribution is 7.09. The maximum Gasteiger partial charge on any atom is 0.111 e. The minimum atomic E-state index is -1.18. The summed E-state index contributed by atoms with van der Waals surface area (Å²) in [4.78, 5) is 0. The minimum absolute atomic E-state index is 0.0640. The van der Waals surface area contributed by atoms with Gasteiger partial charge < -0.3 is 24.6 Å². The Morgan fingerprint density at radius 2 is 1.80 bits per heavy atom. The Balaban J connectivity index is 2.71. The number of ether oxygens (including phenoxy) is 1. The number of rotatable bonds is 3. The van der Waals surface area contributed by atoms with Crippen molar-refractivity contribution in [2.75, 3.05) is 6.61 Å². The van der Waals surface area contributed by atoms with Crippen LogP contribution in [0.1, 0.15) is 13.8 Å². The van der Waals surface area contributed by atoms with Crippen molar-refractivity contribution in [1.29, 1.82) is 0 Å². The van der Waals surface area contributed by atoms with Crippen LogP contribution < -0.4 is 0 Å². The summed E-state index contributed by atoms with van der Waals surface area (Å²) in [6.45, 7) is 3.94. The summed E-state index contributed by atoms with van der Waals surface area (Å²) in [5.74, 6) is 0.0640. The molecule has 6 heteroatoms. The zero-order valence-electron chi connectivity index (χ0n) is 8.91. The zero-order chi connectivity index (χ0) is 11.6. The lowest BCUT2D eigenvalue weighted by atomic mass is 9.90. The van der Waals surface area contributed by atoms with Gasteiger partial charge in [-0.3, -0.25) is 0 Å². The van der Waals surface area contributed by atoms with Crippen LogP contribution in [0.25, 0.3) is 0 Å². The van der Waals surface area contributed by atoms with Gasteiger partial charge in [-0.25, -0.2) is 0 Å². The Bertz CT molecular complexity index is 201. The Morgan fingerprint density at radius 1 is 1.20 bits per heavy atom. The van der Waals surface area contributed by atoms with Gasteiger partial charge in [-0.05, 0) is 5.92 Å². The topological polar surface area (TPSA) is 79.2 Å². The molecule has 6 unspecified atom stereocenters. The average Bonchev–Trinajstić information content (AvgIpc) is 2.18. The molecule has 0 spiro atoms. The van der Waals surface area contributed by atoms with Crippen molar-refractivity contribution >= 4 is 9.47 Å². The molecule has 1 fully saturated rings. The summed E-state index contributed by atoms with van der Waals surface area (Å²) in [5.41, 5.74) is 0. The van der Waals surface area contributed by atoms with Crippen molar-refractivity contribution in [2.24, 2.45) is 5.92 Å². The van der Waals surface area contributed by atoms with Crippen molar-refractivity contribution in [3.05, 3.63) is 0 Å². The zero-order valence-corrected chi connectivity index (χ0v) is 10.1. The van der Waals surface area contributed by atoms with Gasteiger partial charge in [0.25, 0.3) is 0 Å². The summed E-state index contributed by atoms with van der Waals surface area (Å²) < 4.78 is 10.3. The van der Waals surface area contributed by atoms with Gasteiger partial charge in [0, 0.05) is 9.47 Å². The fourth-order valence-corrected chi connectivity index (χ4v) is 1.95. The van der Waals surface area contributed by atoms with Crippen LogP contribution in [0.4, 0.5) is 0 Å². The lowest BCUT2D eigenvalue weighted by molar-refractivity contribution is -0.236. The van der Waals surface area contributed by atoms with Gasteiger partial charge in [-0.2, -0.15) is 0 Å². The molecule has 0 bridgehead atoms. The predicted molar refractivity (Wildman–Crippen MR) is 57.2 cm³/mol. The second-order valence-electron chi connectivity index (χ2n) is 4.19. The van der Waals surface area contributed by atoms with E-state index in [1.807, 2.05) is 13.8 Å². The molecular weight excluding hydrogens is 219 g/mol. The fraction of sp³-hybridized carbons (Fsp3) is 1.00. The summed E-state index contributed by atoms with van der Waals surface area (Å²) >= 11 is 0. The van der Waals surface area contributed by atoms with Gasteiger partial charge in [-0.15, -0.1) is 0 Å². The van der Waals surface area contributed by atoms with Crippen LogP contribution in [0.2, 0.25) is 0 Å². The SMILES string of the molecule is CC(C)C1OC(COP)C(O)C(O)C1O. The van der Waals surface area contributed by atoms with Gasteiger partial charge in [0.15, 0.2) is 0 Å². The summed E-state index contributed by atoms with van der Waals surface area (Å²) in [6.07, 6.45) is -4.44. The highest BCUT2D eigenvalue weighted by atomic mass is 31.0. The first kappa shape index (κ1) is 13.3. The molecule has 0 aromatic rings. The van der Waals surface area contributed by atoms with E-state index in [1.165, 1.54) is 0 Å². The molecule has 15 heavy (non-hydrogen) atoms. The molecule has 3 N–H and O–H groups in total. The monoisotopic (exact) mass is 238 g/mol. The maximum atomic E-state index is 9.68. The van der Waals surface area contributed by atoms with E-state index in [2.05, 4.69) is 9.47 Å². The first-order chi connectivity index (χ1) is 6.99. The minimum Gasteiger partial charge on any atom is -0.388 e. The van der Waals surface area contributed by atoms with Crippen LogP contribution >= 0.6 is 9.47 Å². The van der Waals surface area contributed by atoms with Gasteiger partial charge in [-0.1, -0.05) is 13.8 Å². The van der Waals surface area contributed by atoms with Crippen molar-refractivity contribution in [3.8, 4) is 0 Å². The van der Waals surface area contributed by atoms with Crippen LogP contribution in [0.5, 0.6) is 0 Å². The molecule has 0 aromatic heterocycles. The molecule has 0 aromatic carbocycles. The van der Waals surface area contributed by atoms with Crippen LogP contribution in [-0.2, 0) is 9.26 Å². The molecule has 1 heterocycles. The molecule has 0 radical (unpaired) electrons. The molecule has 1 saturated heterocycles. The van der Waals surface area contributed by atoms with Gasteiger partial charge in [0.05, 0.1) is 12.7 Å². The third-order valence-corrected chi connectivity index (χ3v) is 2.86. The molecule has 5 nitrogen and oxygen atoms in total. The van der Waals surface area contributed by atoms with E-state index in [4.69, 9.17) is 9.26 Å². The summed E-state index contributed by atoms with van der Waals surface area (Å²) in [6, 6.07) is 0. The lowest BCUT2D eigenvalue weighted by Gasteiger charge is -2.42. The van der Waals surface area contributed by atoms with E-state index < -0.39 is 30.5 Å². The smallest absolute Gasteiger partial charge is 0.111 e. The molecule has 0 amide bonds. The van der Waals surface area contributed by atoms with Gasteiger partial charge in [0.2, 0.25) is 0 Å². The number of hydrogen-bond donors (Lipinski definition) is 3. The number of hydrogen-bond acceptors (Lipinski definition) is 5. The van der Waals surface area contributed by atoms with Crippen LogP contribution in [0.15, 0.2) is 0 Å². The van der Waals surface area contributed by atoms with Crippen molar-refractivity contribution < 1.29 is 24.6 Å². The molecule has 0 aliphatic carbocycles. The van der Waals surface area contributed by atoms with E-state index in [0.717, 1.165) is 0 Å². The normalized spacial score (nSPS) is 42.2. The second-order valence-corrected chi connectivity index (χ2v) is 4.52. The Morgan fingerprint density at radius 3 is 2.27 bits per heavy atom. The third-order valence-electron chi connectivity index (χ3n) is 2.67. The molecule has 6 atom stereocenters. The molecule has 1 rings (SSSR count). The fourth-order valence-electron chi connectivity index (χ4n) is 1.76. The van der Waals surface area contributed by atoms with E-state index in [1.54, 1.807) is 0 Å². The van der Waals surface area contributed by atoms with E-state index in [0.29, 0.717) is 0 Å². The van der Waals surface area contributed by atoms with Crippen LogP contribution in [-0.4, -0.2) is 52.4 Å². The molecule has 0 saturated carbocycles. The number of aliphatic hydroxyl groups excluding tert-OH is 3. The Labute approximate surface area is 91.7 Å². The summed E-state index contributed by atoms with van der Waals surface area (Å²) in [7, 11) is 2.06. The standard InChI is InChI=1S/C9H19O5P/c1-4(2)9-8(12)7(11)6(10)5(14-9)3-13-15/h4-12H,3,15H2,1-2H3. The molecule has 1 aliphatic heterocycles. The van der Waals surface area contributed by atoms with E-state index in [9.17, 15) is 15.3 Å². The molecule has 1 aliphatic rings. The number of aliphatic hydroxyl groups is 3. The first-order valence-corrected chi connectivity index (χ1v) is 5.47. The predicted octanol–water partition coefficient (Wildman–Crippen LogP) is -0.701. The largest absolute Gasteiger partial charge is 0.388 e. The van der Waals surface area contributed by atoms with E-state index >= 15 is 0 Å². The quantitative estimate of drug-likeness (QED) is 0.567. The highest BCUT2D eigenvalue weighted by Crippen LogP contribution is 2.26. The van der Waals surface area contributed by atoms with E-state index in [-0.39, 0.29) is 12.5 Å². The average molecular weight is 238 g/mol. The van der Waals surface area contributed by atoms with Gasteiger partial charge in [0.1, 0.15) is 24.4 Å². The lowest BCUT2D eigenvalue weighted by Crippen LogP contribution is -2.59.